The van der Waals surface area contributed by atoms with Gasteiger partial charge in [0.05, 0.1) is 10.6 Å². The van der Waals surface area contributed by atoms with E-state index in [-0.39, 0.29) is 22.3 Å². The Bertz CT molecular complexity index is 628. The molecule has 0 unspecified atom stereocenters. The minimum atomic E-state index is -3.91. The molecule has 4 N–H and O–H groups in total. The second kappa shape index (κ2) is 6.35. The van der Waals surface area contributed by atoms with E-state index in [1.54, 1.807) is 0 Å². The number of nitrogen functional groups attached to an aromatic ring is 1. The molecule has 116 valence electrons. The van der Waals surface area contributed by atoms with Crippen LogP contribution in [0.3, 0.4) is 0 Å². The van der Waals surface area contributed by atoms with Crippen LogP contribution in [0.25, 0.3) is 0 Å². The summed E-state index contributed by atoms with van der Waals surface area (Å²) >= 11 is 0. The Hall–Kier alpha value is -1.75. The Morgan fingerprint density at radius 3 is 2.57 bits per heavy atom. The van der Waals surface area contributed by atoms with Crippen molar-refractivity contribution < 1.29 is 18.1 Å². The molecule has 0 amide bonds. The van der Waals surface area contributed by atoms with Crippen molar-refractivity contribution in [2.75, 3.05) is 18.6 Å². The summed E-state index contributed by atoms with van der Waals surface area (Å²) < 4.78 is 32.5. The summed E-state index contributed by atoms with van der Waals surface area (Å²) in [6.45, 7) is 0.953. The van der Waals surface area contributed by atoms with Crippen LogP contribution in [0, 0.1) is 10.1 Å². The molecular weight excluding hydrogens is 300 g/mol. The predicted octanol–water partition coefficient (Wildman–Crippen LogP) is 0.338. The lowest BCUT2D eigenvalue weighted by molar-refractivity contribution is -0.385. The van der Waals surface area contributed by atoms with Crippen LogP contribution in [0.1, 0.15) is 12.8 Å². The number of non-ortho nitro benzene ring substituents is 1. The number of hydrazine groups is 1. The van der Waals surface area contributed by atoms with E-state index in [9.17, 15) is 18.5 Å². The summed E-state index contributed by atoms with van der Waals surface area (Å²) in [4.78, 5) is 9.89. The third-order valence-corrected chi connectivity index (χ3v) is 4.72. The SMILES string of the molecule is NNc1ccc([N+](=O)[O-])cc1S(=O)(=O)NC1CCOCC1. The number of ether oxygens (including phenoxy) is 1. The van der Waals surface area contributed by atoms with E-state index in [1.165, 1.54) is 12.1 Å². The summed E-state index contributed by atoms with van der Waals surface area (Å²) in [6.07, 6.45) is 1.11. The van der Waals surface area contributed by atoms with E-state index in [4.69, 9.17) is 10.6 Å². The van der Waals surface area contributed by atoms with Crippen LogP contribution in [0.4, 0.5) is 11.4 Å². The van der Waals surface area contributed by atoms with Gasteiger partial charge in [-0.1, -0.05) is 0 Å². The minimum absolute atomic E-state index is 0.0974. The van der Waals surface area contributed by atoms with Crippen molar-refractivity contribution in [2.45, 2.75) is 23.8 Å². The molecule has 1 aliphatic heterocycles. The fraction of sp³-hybridized carbons (Fsp3) is 0.455. The number of anilines is 1. The first-order chi connectivity index (χ1) is 9.94. The van der Waals surface area contributed by atoms with Gasteiger partial charge in [-0.15, -0.1) is 0 Å². The van der Waals surface area contributed by atoms with Gasteiger partial charge >= 0.3 is 0 Å². The molecule has 1 fully saturated rings. The average molecular weight is 316 g/mol. The van der Waals surface area contributed by atoms with Gasteiger partial charge in [-0.2, -0.15) is 0 Å². The van der Waals surface area contributed by atoms with Gasteiger partial charge in [-0.05, 0) is 18.9 Å². The molecule has 0 saturated carbocycles. The summed E-state index contributed by atoms with van der Waals surface area (Å²) in [5, 5.41) is 10.8. The molecule has 1 saturated heterocycles. The Morgan fingerprint density at radius 1 is 1.33 bits per heavy atom. The first kappa shape index (κ1) is 15.6. The molecule has 21 heavy (non-hydrogen) atoms. The van der Waals surface area contributed by atoms with Crippen LogP contribution in [-0.2, 0) is 14.8 Å². The topological polar surface area (TPSA) is 137 Å². The average Bonchev–Trinajstić information content (AvgIpc) is 2.47. The normalized spacial score (nSPS) is 16.6. The van der Waals surface area contributed by atoms with Crippen LogP contribution >= 0.6 is 0 Å². The molecule has 1 heterocycles. The van der Waals surface area contributed by atoms with Crippen LogP contribution in [0.15, 0.2) is 23.1 Å². The Balaban J connectivity index is 2.32. The largest absolute Gasteiger partial charge is 0.381 e. The number of rotatable bonds is 5. The minimum Gasteiger partial charge on any atom is -0.381 e. The zero-order valence-corrected chi connectivity index (χ0v) is 11.9. The van der Waals surface area contributed by atoms with E-state index >= 15 is 0 Å². The highest BCUT2D eigenvalue weighted by molar-refractivity contribution is 7.89. The summed E-state index contributed by atoms with van der Waals surface area (Å²) in [5.74, 6) is 5.27. The number of benzene rings is 1. The van der Waals surface area contributed by atoms with E-state index in [0.29, 0.717) is 26.1 Å². The third kappa shape index (κ3) is 3.67. The lowest BCUT2D eigenvalue weighted by Crippen LogP contribution is -2.39. The molecule has 0 radical (unpaired) electrons. The van der Waals surface area contributed by atoms with E-state index < -0.39 is 14.9 Å². The maximum absolute atomic E-state index is 12.4. The molecule has 2 rings (SSSR count). The van der Waals surface area contributed by atoms with Crippen molar-refractivity contribution in [1.82, 2.24) is 4.72 Å². The summed E-state index contributed by atoms with van der Waals surface area (Å²) in [5.41, 5.74) is 2.02. The second-order valence-electron chi connectivity index (χ2n) is 4.59. The molecule has 0 atom stereocenters. The zero-order valence-electron chi connectivity index (χ0n) is 11.1. The van der Waals surface area contributed by atoms with Crippen LogP contribution in [0.2, 0.25) is 0 Å². The van der Waals surface area contributed by atoms with Gasteiger partial charge in [0.2, 0.25) is 10.0 Å². The summed E-state index contributed by atoms with van der Waals surface area (Å²) in [6, 6.07) is 3.17. The van der Waals surface area contributed by atoms with Crippen LogP contribution in [-0.4, -0.2) is 32.6 Å². The summed E-state index contributed by atoms with van der Waals surface area (Å²) in [7, 11) is -3.91. The number of hydrogen-bond donors (Lipinski definition) is 3. The van der Waals surface area contributed by atoms with Crippen molar-refractivity contribution in [3.05, 3.63) is 28.3 Å². The molecule has 0 aromatic heterocycles. The first-order valence-electron chi connectivity index (χ1n) is 6.29. The highest BCUT2D eigenvalue weighted by Crippen LogP contribution is 2.26. The highest BCUT2D eigenvalue weighted by atomic mass is 32.2. The standard InChI is InChI=1S/C11H16N4O5S/c12-13-10-2-1-9(15(16)17)7-11(10)21(18,19)14-8-3-5-20-6-4-8/h1-2,7-8,13-14H,3-6,12H2. The number of nitrogens with zero attached hydrogens (tertiary/aromatic N) is 1. The first-order valence-corrected chi connectivity index (χ1v) is 7.77. The Kier molecular flexibility index (Phi) is 4.73. The molecule has 1 aromatic rings. The monoisotopic (exact) mass is 316 g/mol. The van der Waals surface area contributed by atoms with Gasteiger partial charge in [0.15, 0.2) is 0 Å². The quantitative estimate of drug-likeness (QED) is 0.404. The fourth-order valence-electron chi connectivity index (χ4n) is 2.06. The molecular formula is C11H16N4O5S. The number of hydrogen-bond acceptors (Lipinski definition) is 7. The molecule has 1 aromatic carbocycles. The molecule has 9 nitrogen and oxygen atoms in total. The number of nitro groups is 1. The maximum Gasteiger partial charge on any atom is 0.270 e. The smallest absolute Gasteiger partial charge is 0.270 e. The molecule has 0 bridgehead atoms. The van der Waals surface area contributed by atoms with Gasteiger partial charge < -0.3 is 10.2 Å². The van der Waals surface area contributed by atoms with Gasteiger partial charge in [0, 0.05) is 31.4 Å². The van der Waals surface area contributed by atoms with Crippen molar-refractivity contribution in [3.63, 3.8) is 0 Å². The molecule has 10 heteroatoms. The fourth-order valence-corrected chi connectivity index (χ4v) is 3.56. The van der Waals surface area contributed by atoms with Crippen molar-refractivity contribution >= 4 is 21.4 Å². The number of sulfonamides is 1. The van der Waals surface area contributed by atoms with Crippen LogP contribution in [0.5, 0.6) is 0 Å². The lowest BCUT2D eigenvalue weighted by atomic mass is 10.1. The third-order valence-electron chi connectivity index (χ3n) is 3.16. The molecule has 1 aliphatic rings. The lowest BCUT2D eigenvalue weighted by Gasteiger charge is -2.23. The van der Waals surface area contributed by atoms with Gasteiger partial charge in [0.1, 0.15) is 4.90 Å². The van der Waals surface area contributed by atoms with E-state index in [1.807, 2.05) is 0 Å². The Labute approximate surface area is 121 Å². The number of nitrogens with two attached hydrogens (primary N) is 1. The number of nitrogens with one attached hydrogen (secondary N) is 2. The van der Waals surface area contributed by atoms with Gasteiger partial charge in [-0.3, -0.25) is 16.0 Å². The Morgan fingerprint density at radius 2 is 2.00 bits per heavy atom. The molecule has 0 spiro atoms. The highest BCUT2D eigenvalue weighted by Gasteiger charge is 2.26. The second-order valence-corrected chi connectivity index (χ2v) is 6.27. The van der Waals surface area contributed by atoms with Gasteiger partial charge in [-0.25, -0.2) is 13.1 Å². The maximum atomic E-state index is 12.4. The van der Waals surface area contributed by atoms with Crippen molar-refractivity contribution in [3.8, 4) is 0 Å². The predicted molar refractivity (Wildman–Crippen MR) is 75.1 cm³/mol. The zero-order chi connectivity index (χ0) is 15.5. The van der Waals surface area contributed by atoms with E-state index in [2.05, 4.69) is 10.1 Å². The van der Waals surface area contributed by atoms with Gasteiger partial charge in [0.25, 0.3) is 5.69 Å². The van der Waals surface area contributed by atoms with Crippen LogP contribution < -0.4 is 16.0 Å². The van der Waals surface area contributed by atoms with Crippen molar-refractivity contribution in [2.24, 2.45) is 5.84 Å². The number of nitro benzene ring substituents is 1. The van der Waals surface area contributed by atoms with E-state index in [0.717, 1.165) is 6.07 Å². The molecule has 0 aliphatic carbocycles. The van der Waals surface area contributed by atoms with Crippen molar-refractivity contribution in [1.29, 1.82) is 0 Å².